The molecule has 6 heteroatoms. The van der Waals surface area contributed by atoms with Crippen molar-refractivity contribution < 1.29 is 19.4 Å². The molecular weight excluding hydrogens is 260 g/mol. The Kier molecular flexibility index (Phi) is 3.84. The third kappa shape index (κ3) is 2.69. The van der Waals surface area contributed by atoms with E-state index in [1.165, 1.54) is 26.4 Å². The number of aryl methyl sites for hydroxylation is 1. The third-order valence-corrected chi connectivity index (χ3v) is 2.73. The lowest BCUT2D eigenvalue weighted by molar-refractivity contribution is -0.254. The minimum atomic E-state index is -1.29. The van der Waals surface area contributed by atoms with Crippen molar-refractivity contribution in [2.75, 3.05) is 14.2 Å². The summed E-state index contributed by atoms with van der Waals surface area (Å²) in [6.45, 7) is 1.85. The van der Waals surface area contributed by atoms with Gasteiger partial charge in [-0.2, -0.15) is 9.97 Å². The summed E-state index contributed by atoms with van der Waals surface area (Å²) in [5.74, 6) is -0.496. The molecule has 0 aliphatic carbocycles. The molecule has 0 unspecified atom stereocenters. The molecule has 0 aliphatic heterocycles. The quantitative estimate of drug-likeness (QED) is 0.820. The predicted octanol–water partition coefficient (Wildman–Crippen LogP) is 0.833. The number of carbonyl (C=O) groups excluding carboxylic acids is 1. The van der Waals surface area contributed by atoms with Gasteiger partial charge in [0.15, 0.2) is 5.82 Å². The standard InChI is InChI=1S/C14H14N2O4/c1-8-4-5-9(14(17)18)10(6-8)13-15-11(19-2)7-12(16-13)20-3/h4-7H,1-3H3,(H,17,18)/p-1. The zero-order valence-corrected chi connectivity index (χ0v) is 11.3. The van der Waals surface area contributed by atoms with Gasteiger partial charge >= 0.3 is 0 Å². The second-order valence-corrected chi connectivity index (χ2v) is 4.11. The van der Waals surface area contributed by atoms with Crippen LogP contribution in [0.5, 0.6) is 11.8 Å². The van der Waals surface area contributed by atoms with Crippen LogP contribution < -0.4 is 14.6 Å². The van der Waals surface area contributed by atoms with Crippen LogP contribution in [0.4, 0.5) is 0 Å². The molecule has 0 saturated carbocycles. The molecule has 0 radical (unpaired) electrons. The molecule has 6 nitrogen and oxygen atoms in total. The number of hydrogen-bond acceptors (Lipinski definition) is 6. The van der Waals surface area contributed by atoms with Crippen molar-refractivity contribution in [2.45, 2.75) is 6.92 Å². The Balaban J connectivity index is 2.66. The molecule has 20 heavy (non-hydrogen) atoms. The van der Waals surface area contributed by atoms with E-state index in [2.05, 4.69) is 9.97 Å². The number of rotatable bonds is 4. The molecule has 0 bridgehead atoms. The maximum Gasteiger partial charge on any atom is 0.220 e. The molecule has 2 aromatic rings. The van der Waals surface area contributed by atoms with E-state index >= 15 is 0 Å². The van der Waals surface area contributed by atoms with Crippen LogP contribution in [0.15, 0.2) is 24.3 Å². The van der Waals surface area contributed by atoms with Crippen LogP contribution in [-0.4, -0.2) is 30.2 Å². The van der Waals surface area contributed by atoms with Gasteiger partial charge < -0.3 is 19.4 Å². The van der Waals surface area contributed by atoms with Crippen LogP contribution in [0.3, 0.4) is 0 Å². The summed E-state index contributed by atoms with van der Waals surface area (Å²) in [6, 6.07) is 6.35. The highest BCUT2D eigenvalue weighted by molar-refractivity contribution is 5.93. The van der Waals surface area contributed by atoms with E-state index in [1.54, 1.807) is 12.1 Å². The molecule has 1 aromatic carbocycles. The number of carboxylic acid groups (broad SMARTS) is 1. The Morgan fingerprint density at radius 2 is 1.70 bits per heavy atom. The number of hydrogen-bond donors (Lipinski definition) is 0. The molecule has 0 spiro atoms. The van der Waals surface area contributed by atoms with Crippen molar-refractivity contribution in [2.24, 2.45) is 0 Å². The van der Waals surface area contributed by atoms with Crippen molar-refractivity contribution in [3.8, 4) is 23.1 Å². The Bertz CT molecular complexity index is 633. The average molecular weight is 273 g/mol. The lowest BCUT2D eigenvalue weighted by Crippen LogP contribution is -2.23. The van der Waals surface area contributed by atoms with Gasteiger partial charge in [0.05, 0.1) is 26.3 Å². The molecule has 0 saturated heterocycles. The van der Waals surface area contributed by atoms with E-state index in [-0.39, 0.29) is 23.1 Å². The van der Waals surface area contributed by atoms with E-state index in [4.69, 9.17) is 9.47 Å². The number of ether oxygens (including phenoxy) is 2. The number of aromatic nitrogens is 2. The van der Waals surface area contributed by atoms with Crippen LogP contribution in [-0.2, 0) is 0 Å². The van der Waals surface area contributed by atoms with E-state index in [1.807, 2.05) is 6.92 Å². The van der Waals surface area contributed by atoms with Crippen LogP contribution in [0.1, 0.15) is 15.9 Å². The van der Waals surface area contributed by atoms with Crippen molar-refractivity contribution in [3.63, 3.8) is 0 Å². The maximum atomic E-state index is 11.2. The Morgan fingerprint density at radius 1 is 1.10 bits per heavy atom. The summed E-state index contributed by atoms with van der Waals surface area (Å²) in [5, 5.41) is 11.2. The summed E-state index contributed by atoms with van der Waals surface area (Å²) in [6.07, 6.45) is 0. The Morgan fingerprint density at radius 3 is 2.20 bits per heavy atom. The van der Waals surface area contributed by atoms with Gasteiger partial charge in [0.25, 0.3) is 0 Å². The first-order valence-corrected chi connectivity index (χ1v) is 5.84. The highest BCUT2D eigenvalue weighted by atomic mass is 16.5. The van der Waals surface area contributed by atoms with E-state index in [0.29, 0.717) is 5.56 Å². The summed E-state index contributed by atoms with van der Waals surface area (Å²) in [4.78, 5) is 19.5. The van der Waals surface area contributed by atoms with Gasteiger partial charge in [-0.05, 0) is 13.0 Å². The summed E-state index contributed by atoms with van der Waals surface area (Å²) in [5.41, 5.74) is 1.27. The molecule has 0 aliphatic rings. The number of benzene rings is 1. The second kappa shape index (κ2) is 5.56. The minimum Gasteiger partial charge on any atom is -0.545 e. The minimum absolute atomic E-state index is 0.0194. The normalized spacial score (nSPS) is 10.2. The van der Waals surface area contributed by atoms with Gasteiger partial charge in [-0.15, -0.1) is 0 Å². The van der Waals surface area contributed by atoms with Gasteiger partial charge in [-0.1, -0.05) is 17.7 Å². The summed E-state index contributed by atoms with van der Waals surface area (Å²) >= 11 is 0. The SMILES string of the molecule is COc1cc(OC)nc(-c2cc(C)ccc2C(=O)[O-])n1. The topological polar surface area (TPSA) is 84.4 Å². The fourth-order valence-electron chi connectivity index (χ4n) is 1.75. The highest BCUT2D eigenvalue weighted by Crippen LogP contribution is 2.26. The number of nitrogens with zero attached hydrogens (tertiary/aromatic N) is 2. The van der Waals surface area contributed by atoms with Crippen LogP contribution in [0.25, 0.3) is 11.4 Å². The molecule has 2 rings (SSSR count). The van der Waals surface area contributed by atoms with Crippen LogP contribution in [0.2, 0.25) is 0 Å². The van der Waals surface area contributed by atoms with Gasteiger partial charge in [0.2, 0.25) is 11.8 Å². The summed E-state index contributed by atoms with van der Waals surface area (Å²) < 4.78 is 10.1. The van der Waals surface area contributed by atoms with Gasteiger partial charge in [-0.25, -0.2) is 0 Å². The average Bonchev–Trinajstić information content (AvgIpc) is 2.46. The van der Waals surface area contributed by atoms with E-state index in [0.717, 1.165) is 5.56 Å². The number of methoxy groups -OCH3 is 2. The van der Waals surface area contributed by atoms with Crippen molar-refractivity contribution in [1.29, 1.82) is 0 Å². The zero-order chi connectivity index (χ0) is 14.7. The Labute approximate surface area is 116 Å². The van der Waals surface area contributed by atoms with E-state index in [9.17, 15) is 9.90 Å². The van der Waals surface area contributed by atoms with Gasteiger partial charge in [0.1, 0.15) is 0 Å². The fraction of sp³-hybridized carbons (Fsp3) is 0.214. The zero-order valence-electron chi connectivity index (χ0n) is 11.3. The monoisotopic (exact) mass is 273 g/mol. The lowest BCUT2D eigenvalue weighted by atomic mass is 10.0. The first-order valence-electron chi connectivity index (χ1n) is 5.84. The van der Waals surface area contributed by atoms with Gasteiger partial charge in [0, 0.05) is 11.1 Å². The molecule has 0 atom stereocenters. The van der Waals surface area contributed by atoms with E-state index < -0.39 is 5.97 Å². The van der Waals surface area contributed by atoms with Crippen molar-refractivity contribution in [1.82, 2.24) is 9.97 Å². The third-order valence-electron chi connectivity index (χ3n) is 2.73. The number of carbonyl (C=O) groups is 1. The summed E-state index contributed by atoms with van der Waals surface area (Å²) in [7, 11) is 2.92. The first-order chi connectivity index (χ1) is 9.55. The van der Waals surface area contributed by atoms with Crippen molar-refractivity contribution in [3.05, 3.63) is 35.4 Å². The first kappa shape index (κ1) is 13.8. The smallest absolute Gasteiger partial charge is 0.220 e. The lowest BCUT2D eigenvalue weighted by Gasteiger charge is -2.12. The predicted molar refractivity (Wildman–Crippen MR) is 69.6 cm³/mol. The van der Waals surface area contributed by atoms with Crippen LogP contribution >= 0.6 is 0 Å². The second-order valence-electron chi connectivity index (χ2n) is 4.11. The molecule has 0 fully saturated rings. The highest BCUT2D eigenvalue weighted by Gasteiger charge is 2.12. The molecule has 104 valence electrons. The fourth-order valence-corrected chi connectivity index (χ4v) is 1.75. The maximum absolute atomic E-state index is 11.2. The molecule has 0 N–H and O–H groups in total. The molecular formula is C14H13N2O4-. The van der Waals surface area contributed by atoms with Crippen LogP contribution in [0, 0.1) is 6.92 Å². The molecule has 1 heterocycles. The number of carboxylic acids is 1. The Hall–Kier alpha value is -2.63. The molecule has 1 aromatic heterocycles. The van der Waals surface area contributed by atoms with Crippen molar-refractivity contribution >= 4 is 5.97 Å². The van der Waals surface area contributed by atoms with Gasteiger partial charge in [-0.3, -0.25) is 0 Å². The number of aromatic carboxylic acids is 1. The molecule has 0 amide bonds. The largest absolute Gasteiger partial charge is 0.545 e.